The van der Waals surface area contributed by atoms with Gasteiger partial charge in [-0.15, -0.1) is 0 Å². The molecule has 0 bridgehead atoms. The second-order valence-electron chi connectivity index (χ2n) is 6.39. The van der Waals surface area contributed by atoms with Crippen molar-refractivity contribution in [1.29, 1.82) is 0 Å². The number of carbonyl (C=O) groups excluding carboxylic acids is 2. The summed E-state index contributed by atoms with van der Waals surface area (Å²) in [5.41, 5.74) is 1.22. The van der Waals surface area contributed by atoms with Crippen LogP contribution in [0.15, 0.2) is 42.7 Å². The van der Waals surface area contributed by atoms with Gasteiger partial charge in [0.25, 0.3) is 5.91 Å². The number of hydrogen-bond acceptors (Lipinski definition) is 3. The Bertz CT molecular complexity index is 671. The molecule has 0 unspecified atom stereocenters. The summed E-state index contributed by atoms with van der Waals surface area (Å²) in [4.78, 5) is 23.7. The first-order valence-electron chi connectivity index (χ1n) is 7.49. The maximum atomic E-state index is 12.0. The number of nitrogens with one attached hydrogen (secondary N) is 2. The van der Waals surface area contributed by atoms with Gasteiger partial charge in [-0.3, -0.25) is 14.3 Å². The molecule has 1 aromatic heterocycles. The van der Waals surface area contributed by atoms with Crippen LogP contribution < -0.4 is 10.6 Å². The molecule has 2 N–H and O–H groups in total. The first-order chi connectivity index (χ1) is 10.8. The zero-order chi connectivity index (χ0) is 16.9. The van der Waals surface area contributed by atoms with Gasteiger partial charge in [0.1, 0.15) is 0 Å². The molecular formula is C17H22N4O2. The maximum absolute atomic E-state index is 12.0. The van der Waals surface area contributed by atoms with Crippen LogP contribution in [0.2, 0.25) is 0 Å². The van der Waals surface area contributed by atoms with Crippen molar-refractivity contribution in [1.82, 2.24) is 20.4 Å². The third-order valence-corrected chi connectivity index (χ3v) is 3.01. The lowest BCUT2D eigenvalue weighted by Crippen LogP contribution is -2.45. The normalized spacial score (nSPS) is 11.1. The van der Waals surface area contributed by atoms with E-state index >= 15 is 0 Å². The minimum atomic E-state index is -0.317. The van der Waals surface area contributed by atoms with E-state index in [1.807, 2.05) is 51.1 Å². The van der Waals surface area contributed by atoms with E-state index < -0.39 is 0 Å². The van der Waals surface area contributed by atoms with Crippen molar-refractivity contribution in [3.8, 4) is 0 Å². The molecule has 0 aliphatic carbocycles. The Morgan fingerprint density at radius 1 is 1.17 bits per heavy atom. The average molecular weight is 314 g/mol. The van der Waals surface area contributed by atoms with Gasteiger partial charge in [0.15, 0.2) is 0 Å². The van der Waals surface area contributed by atoms with E-state index in [4.69, 9.17) is 0 Å². The lowest BCUT2D eigenvalue weighted by molar-refractivity contribution is -0.121. The first-order valence-corrected chi connectivity index (χ1v) is 7.49. The Morgan fingerprint density at radius 2 is 1.87 bits per heavy atom. The highest BCUT2D eigenvalue weighted by Crippen LogP contribution is 2.04. The Hall–Kier alpha value is -2.63. The number of hydrogen-bond donors (Lipinski definition) is 2. The molecule has 2 rings (SSSR count). The van der Waals surface area contributed by atoms with Gasteiger partial charge in [0, 0.05) is 11.7 Å². The van der Waals surface area contributed by atoms with Crippen molar-refractivity contribution < 1.29 is 9.59 Å². The van der Waals surface area contributed by atoms with Crippen LogP contribution in [0, 0.1) is 0 Å². The van der Waals surface area contributed by atoms with E-state index in [2.05, 4.69) is 15.7 Å². The molecule has 0 aliphatic heterocycles. The first kappa shape index (κ1) is 16.7. The minimum absolute atomic E-state index is 0.0556. The minimum Gasteiger partial charge on any atom is -0.350 e. The summed E-state index contributed by atoms with van der Waals surface area (Å²) in [5, 5.41) is 9.56. The summed E-state index contributed by atoms with van der Waals surface area (Å²) < 4.78 is 1.69. The fourth-order valence-corrected chi connectivity index (χ4v) is 2.06. The molecule has 6 heteroatoms. The Morgan fingerprint density at radius 3 is 2.52 bits per heavy atom. The van der Waals surface area contributed by atoms with E-state index in [0.29, 0.717) is 12.1 Å². The van der Waals surface area contributed by atoms with E-state index in [1.54, 1.807) is 10.9 Å². The van der Waals surface area contributed by atoms with Gasteiger partial charge in [-0.1, -0.05) is 30.3 Å². The number of benzene rings is 1. The largest absolute Gasteiger partial charge is 0.350 e. The van der Waals surface area contributed by atoms with Crippen LogP contribution >= 0.6 is 0 Å². The number of aromatic nitrogens is 2. The van der Waals surface area contributed by atoms with Crippen molar-refractivity contribution >= 4 is 11.8 Å². The molecule has 122 valence electrons. The smallest absolute Gasteiger partial charge is 0.254 e. The molecule has 0 atom stereocenters. The topological polar surface area (TPSA) is 76.0 Å². The molecule has 0 fully saturated rings. The molecule has 0 saturated carbocycles. The lowest BCUT2D eigenvalue weighted by Gasteiger charge is -2.20. The summed E-state index contributed by atoms with van der Waals surface area (Å²) in [5.74, 6) is -0.532. The quantitative estimate of drug-likeness (QED) is 0.879. The monoisotopic (exact) mass is 314 g/mol. The van der Waals surface area contributed by atoms with Gasteiger partial charge in [0.05, 0.1) is 24.8 Å². The Labute approximate surface area is 135 Å². The standard InChI is InChI=1S/C17H22N4O2/c1-17(2,3)20-15(22)10-18-16(23)14-9-19-21(12-14)11-13-7-5-4-6-8-13/h4-9,12H,10-11H2,1-3H3,(H,18,23)(H,20,22). The van der Waals surface area contributed by atoms with Gasteiger partial charge in [-0.2, -0.15) is 5.10 Å². The maximum Gasteiger partial charge on any atom is 0.254 e. The van der Waals surface area contributed by atoms with Gasteiger partial charge < -0.3 is 10.6 Å². The zero-order valence-electron chi connectivity index (χ0n) is 13.7. The highest BCUT2D eigenvalue weighted by atomic mass is 16.2. The van der Waals surface area contributed by atoms with Crippen LogP contribution in [0.5, 0.6) is 0 Å². The van der Waals surface area contributed by atoms with E-state index in [-0.39, 0.29) is 23.9 Å². The molecule has 2 aromatic rings. The van der Waals surface area contributed by atoms with Gasteiger partial charge in [0.2, 0.25) is 5.91 Å². The van der Waals surface area contributed by atoms with Gasteiger partial charge in [-0.25, -0.2) is 0 Å². The number of carbonyl (C=O) groups is 2. The second-order valence-corrected chi connectivity index (χ2v) is 6.39. The molecule has 0 saturated heterocycles. The summed E-state index contributed by atoms with van der Waals surface area (Å²) >= 11 is 0. The Kier molecular flexibility index (Phi) is 5.16. The van der Waals surface area contributed by atoms with Crippen LogP contribution in [0.3, 0.4) is 0 Å². The van der Waals surface area contributed by atoms with Gasteiger partial charge >= 0.3 is 0 Å². The highest BCUT2D eigenvalue weighted by Gasteiger charge is 2.15. The number of amides is 2. The molecule has 1 heterocycles. The van der Waals surface area contributed by atoms with Crippen LogP contribution in [-0.2, 0) is 11.3 Å². The molecule has 2 amide bonds. The molecule has 0 spiro atoms. The van der Waals surface area contributed by atoms with Crippen molar-refractivity contribution in [2.45, 2.75) is 32.9 Å². The van der Waals surface area contributed by atoms with Crippen LogP contribution in [-0.4, -0.2) is 33.7 Å². The Balaban J connectivity index is 1.87. The average Bonchev–Trinajstić information content (AvgIpc) is 2.92. The van der Waals surface area contributed by atoms with Crippen molar-refractivity contribution in [2.24, 2.45) is 0 Å². The zero-order valence-corrected chi connectivity index (χ0v) is 13.7. The van der Waals surface area contributed by atoms with Crippen molar-refractivity contribution in [3.05, 3.63) is 53.9 Å². The van der Waals surface area contributed by atoms with E-state index in [9.17, 15) is 9.59 Å². The molecule has 0 aliphatic rings. The highest BCUT2D eigenvalue weighted by molar-refractivity contribution is 5.96. The van der Waals surface area contributed by atoms with Gasteiger partial charge in [-0.05, 0) is 26.3 Å². The lowest BCUT2D eigenvalue weighted by atomic mass is 10.1. The third kappa shape index (κ3) is 5.58. The van der Waals surface area contributed by atoms with Crippen LogP contribution in [0.25, 0.3) is 0 Å². The predicted octanol–water partition coefficient (Wildman–Crippen LogP) is 1.58. The third-order valence-electron chi connectivity index (χ3n) is 3.01. The SMILES string of the molecule is CC(C)(C)NC(=O)CNC(=O)c1cnn(Cc2ccccc2)c1. The van der Waals surface area contributed by atoms with Crippen LogP contribution in [0.4, 0.5) is 0 Å². The summed E-state index contributed by atoms with van der Waals surface area (Å²) in [7, 11) is 0. The number of rotatable bonds is 5. The molecule has 23 heavy (non-hydrogen) atoms. The van der Waals surface area contributed by atoms with Crippen LogP contribution in [0.1, 0.15) is 36.7 Å². The number of nitrogens with zero attached hydrogens (tertiary/aromatic N) is 2. The van der Waals surface area contributed by atoms with E-state index in [0.717, 1.165) is 5.56 Å². The molecule has 6 nitrogen and oxygen atoms in total. The summed E-state index contributed by atoms with van der Waals surface area (Å²) in [6.45, 7) is 6.21. The van der Waals surface area contributed by atoms with Crippen molar-refractivity contribution in [2.75, 3.05) is 6.54 Å². The second kappa shape index (κ2) is 7.09. The van der Waals surface area contributed by atoms with Crippen molar-refractivity contribution in [3.63, 3.8) is 0 Å². The molecule has 0 radical (unpaired) electrons. The fraction of sp³-hybridized carbons (Fsp3) is 0.353. The van der Waals surface area contributed by atoms with E-state index in [1.165, 1.54) is 6.20 Å². The molecule has 1 aromatic carbocycles. The summed E-state index contributed by atoms with van der Waals surface area (Å²) in [6.07, 6.45) is 3.17. The summed E-state index contributed by atoms with van der Waals surface area (Å²) in [6, 6.07) is 9.87. The predicted molar refractivity (Wildman–Crippen MR) is 88.0 cm³/mol. The fourth-order valence-electron chi connectivity index (χ4n) is 2.06. The molecular weight excluding hydrogens is 292 g/mol.